The van der Waals surface area contributed by atoms with Gasteiger partial charge in [-0.2, -0.15) is 0 Å². The number of para-hydroxylation sites is 1. The van der Waals surface area contributed by atoms with Crippen LogP contribution in [0.15, 0.2) is 34.2 Å². The number of nitrogens with zero attached hydrogens (tertiary/aromatic N) is 1. The van der Waals surface area contributed by atoms with Crippen molar-refractivity contribution in [1.82, 2.24) is 0 Å². The molecule has 0 amide bonds. The number of hydrogen-bond donors (Lipinski definition) is 0. The topological polar surface area (TPSA) is 12.4 Å². The molecule has 0 fully saturated rings. The predicted octanol–water partition coefficient (Wildman–Crippen LogP) is 3.89. The van der Waals surface area contributed by atoms with E-state index in [0.717, 1.165) is 0 Å². The van der Waals surface area contributed by atoms with Gasteiger partial charge in [0.25, 0.3) is 0 Å². The van der Waals surface area contributed by atoms with E-state index in [2.05, 4.69) is 57.6 Å². The van der Waals surface area contributed by atoms with Crippen molar-refractivity contribution in [2.75, 3.05) is 6.26 Å². The van der Waals surface area contributed by atoms with Gasteiger partial charge in [0.05, 0.1) is 10.7 Å². The molecule has 0 N–H and O–H groups in total. The number of fused-ring (bicyclic) bond motifs is 1. The molecular weight excluding hydrogens is 281 g/mol. The fourth-order valence-corrected chi connectivity index (χ4v) is 4.13. The summed E-state index contributed by atoms with van der Waals surface area (Å²) in [5.74, 6) is 0. The highest BCUT2D eigenvalue weighted by Gasteiger charge is 2.28. The fraction of sp³-hybridized carbons (Fsp3) is 0.222. The average Bonchev–Trinajstić information content (AvgIpc) is 2.25. The van der Waals surface area contributed by atoms with Crippen molar-refractivity contribution in [2.24, 2.45) is 4.99 Å². The van der Waals surface area contributed by atoms with Gasteiger partial charge < -0.3 is 0 Å². The summed E-state index contributed by atoms with van der Waals surface area (Å²) in [6, 6.07) is 8.43. The molecule has 0 aromatic heterocycles. The van der Waals surface area contributed by atoms with E-state index in [1.54, 1.807) is 0 Å². The van der Waals surface area contributed by atoms with Gasteiger partial charge in [0, 0.05) is 4.90 Å². The van der Waals surface area contributed by atoms with Crippen LogP contribution in [0.2, 0.25) is 0 Å². The smallest absolute Gasteiger partial charge is 0.0770 e. The first-order valence-corrected chi connectivity index (χ1v) is 8.33. The fourth-order valence-electron chi connectivity index (χ4n) is 1.29. The van der Waals surface area contributed by atoms with Gasteiger partial charge in [0.15, 0.2) is 0 Å². The zero-order valence-corrected chi connectivity index (χ0v) is 10.0. The maximum absolute atomic E-state index is 4.55. The van der Waals surface area contributed by atoms with Crippen LogP contribution in [0.3, 0.4) is 0 Å². The zero-order chi connectivity index (χ0) is 8.77. The van der Waals surface area contributed by atoms with E-state index in [-0.39, 0.29) is 0 Å². The second-order valence-electron chi connectivity index (χ2n) is 2.92. The Morgan fingerprint density at radius 1 is 1.33 bits per heavy atom. The van der Waals surface area contributed by atoms with Crippen molar-refractivity contribution < 1.29 is 0 Å². The molecule has 3 heteroatoms. The van der Waals surface area contributed by atoms with Gasteiger partial charge in [0.2, 0.25) is 0 Å². The number of halogens is 1. The predicted molar refractivity (Wildman–Crippen MR) is 65.0 cm³/mol. The van der Waals surface area contributed by atoms with E-state index < -0.39 is 7.20 Å². The van der Waals surface area contributed by atoms with Gasteiger partial charge in [-0.15, -0.1) is 7.20 Å². The zero-order valence-electron chi connectivity index (χ0n) is 7.04. The minimum atomic E-state index is -0.764. The SMILES string of the molecule is CC1=Nc2ccccc2S1(C)I. The molecule has 0 aliphatic carbocycles. The highest BCUT2D eigenvalue weighted by atomic mass is 127. The van der Waals surface area contributed by atoms with Crippen LogP contribution < -0.4 is 0 Å². The van der Waals surface area contributed by atoms with E-state index in [1.807, 2.05) is 6.07 Å². The van der Waals surface area contributed by atoms with Crippen LogP contribution in [0.25, 0.3) is 0 Å². The minimum Gasteiger partial charge on any atom is -0.246 e. The number of aliphatic imine (C=N–C) groups is 1. The van der Waals surface area contributed by atoms with Gasteiger partial charge in [-0.3, -0.25) is 0 Å². The lowest BCUT2D eigenvalue weighted by atomic mass is 10.3. The van der Waals surface area contributed by atoms with E-state index in [4.69, 9.17) is 0 Å². The largest absolute Gasteiger partial charge is 0.246 e. The highest BCUT2D eigenvalue weighted by Crippen LogP contribution is 2.67. The molecule has 12 heavy (non-hydrogen) atoms. The monoisotopic (exact) mass is 291 g/mol. The summed E-state index contributed by atoms with van der Waals surface area (Å²) in [6.45, 7) is 2.13. The Labute approximate surface area is 86.2 Å². The molecular formula is C9H10INS. The lowest BCUT2D eigenvalue weighted by Crippen LogP contribution is -1.94. The van der Waals surface area contributed by atoms with Gasteiger partial charge in [-0.05, 0) is 46.5 Å². The van der Waals surface area contributed by atoms with Crippen LogP contribution >= 0.6 is 28.4 Å². The minimum absolute atomic E-state index is 0.764. The summed E-state index contributed by atoms with van der Waals surface area (Å²) in [7, 11) is -0.764. The third kappa shape index (κ3) is 1.10. The first-order chi connectivity index (χ1) is 5.62. The third-order valence-corrected chi connectivity index (χ3v) is 7.82. The van der Waals surface area contributed by atoms with Crippen molar-refractivity contribution in [3.63, 3.8) is 0 Å². The molecule has 1 aliphatic heterocycles. The van der Waals surface area contributed by atoms with Crippen molar-refractivity contribution in [1.29, 1.82) is 0 Å². The summed E-state index contributed by atoms with van der Waals surface area (Å²) in [6.07, 6.45) is 2.29. The van der Waals surface area contributed by atoms with E-state index in [1.165, 1.54) is 15.6 Å². The van der Waals surface area contributed by atoms with Gasteiger partial charge >= 0.3 is 0 Å². The Bertz CT molecular complexity index is 357. The molecule has 0 saturated heterocycles. The van der Waals surface area contributed by atoms with Gasteiger partial charge in [-0.25, -0.2) is 4.99 Å². The summed E-state index contributed by atoms with van der Waals surface area (Å²) in [5, 5.41) is 1.28. The quantitative estimate of drug-likeness (QED) is 0.643. The summed E-state index contributed by atoms with van der Waals surface area (Å²) >= 11 is 2.54. The van der Waals surface area contributed by atoms with Crippen molar-refractivity contribution in [3.05, 3.63) is 24.3 Å². The molecule has 64 valence electrons. The first kappa shape index (κ1) is 8.56. The molecule has 0 spiro atoms. The Kier molecular flexibility index (Phi) is 1.95. The lowest BCUT2D eigenvalue weighted by molar-refractivity contribution is 1.40. The average molecular weight is 291 g/mol. The van der Waals surface area contributed by atoms with Crippen molar-refractivity contribution >= 4 is 39.1 Å². The molecule has 1 aromatic rings. The molecule has 1 unspecified atom stereocenters. The Hall–Kier alpha value is -0.0300. The maximum atomic E-state index is 4.55. The molecule has 0 saturated carbocycles. The van der Waals surface area contributed by atoms with Gasteiger partial charge in [0.1, 0.15) is 0 Å². The van der Waals surface area contributed by atoms with Crippen LogP contribution in [0.4, 0.5) is 5.69 Å². The molecule has 0 bridgehead atoms. The summed E-state index contributed by atoms with van der Waals surface area (Å²) in [4.78, 5) is 5.97. The second kappa shape index (κ2) is 2.73. The van der Waals surface area contributed by atoms with E-state index in [0.29, 0.717) is 0 Å². The maximum Gasteiger partial charge on any atom is 0.0770 e. The Morgan fingerprint density at radius 2 is 2.00 bits per heavy atom. The highest BCUT2D eigenvalue weighted by molar-refractivity contribution is 14.2. The van der Waals surface area contributed by atoms with Crippen molar-refractivity contribution in [3.8, 4) is 0 Å². The molecule has 1 atom stereocenters. The summed E-state index contributed by atoms with van der Waals surface area (Å²) in [5.41, 5.74) is 1.17. The molecule has 1 heterocycles. The van der Waals surface area contributed by atoms with Crippen LogP contribution in [0.1, 0.15) is 6.92 Å². The first-order valence-electron chi connectivity index (χ1n) is 3.75. The second-order valence-corrected chi connectivity index (χ2v) is 10.9. The summed E-state index contributed by atoms with van der Waals surface area (Å²) < 4.78 is 0. The molecule has 1 aliphatic rings. The van der Waals surface area contributed by atoms with Crippen molar-refractivity contribution in [2.45, 2.75) is 11.8 Å². The van der Waals surface area contributed by atoms with Crippen LogP contribution in [-0.4, -0.2) is 11.3 Å². The number of hydrogen-bond acceptors (Lipinski definition) is 1. The van der Waals surface area contributed by atoms with Gasteiger partial charge in [-0.1, -0.05) is 12.1 Å². The Morgan fingerprint density at radius 3 is 2.67 bits per heavy atom. The standard InChI is InChI=1S/C9H10INS/c1-7-11-8-5-3-4-6-9(8)12(7,2)10/h3-6H,1-2H3. The normalized spacial score (nSPS) is 32.1. The van der Waals surface area contributed by atoms with Crippen LogP contribution in [0.5, 0.6) is 0 Å². The third-order valence-electron chi connectivity index (χ3n) is 2.11. The lowest BCUT2D eigenvalue weighted by Gasteiger charge is -2.23. The van der Waals surface area contributed by atoms with Crippen LogP contribution in [0, 0.1) is 0 Å². The molecule has 2 rings (SSSR count). The number of benzene rings is 1. The van der Waals surface area contributed by atoms with E-state index in [9.17, 15) is 0 Å². The number of rotatable bonds is 0. The molecule has 1 nitrogen and oxygen atoms in total. The van der Waals surface area contributed by atoms with E-state index >= 15 is 0 Å². The van der Waals surface area contributed by atoms with Crippen LogP contribution in [-0.2, 0) is 0 Å². The molecule has 1 aromatic carbocycles. The molecule has 0 radical (unpaired) electrons. The Balaban J connectivity index is 2.66.